The van der Waals surface area contributed by atoms with E-state index in [1.54, 1.807) is 20.0 Å². The van der Waals surface area contributed by atoms with Gasteiger partial charge in [-0.25, -0.2) is 4.79 Å². The summed E-state index contributed by atoms with van der Waals surface area (Å²) >= 11 is 0. The summed E-state index contributed by atoms with van der Waals surface area (Å²) in [6.07, 6.45) is 1.60. The number of rotatable bonds is 3. The molecule has 0 fully saturated rings. The molecule has 1 atom stereocenters. The number of nitrogens with zero attached hydrogens (tertiary/aromatic N) is 1. The fourth-order valence-electron chi connectivity index (χ4n) is 0.583. The Kier molecular flexibility index (Phi) is 3.26. The number of carboxylic acids is 1. The molecule has 0 saturated heterocycles. The van der Waals surface area contributed by atoms with Gasteiger partial charge in [-0.05, 0) is 5.92 Å². The Morgan fingerprint density at radius 1 is 1.70 bits per heavy atom. The van der Waals surface area contributed by atoms with E-state index >= 15 is 0 Å². The van der Waals surface area contributed by atoms with Crippen molar-refractivity contribution in [3.8, 4) is 6.19 Å². The molecular formula is C6H10N2O2. The van der Waals surface area contributed by atoms with Crippen molar-refractivity contribution in [2.45, 2.75) is 19.9 Å². The lowest BCUT2D eigenvalue weighted by Gasteiger charge is -2.12. The van der Waals surface area contributed by atoms with Crippen LogP contribution in [0.5, 0.6) is 0 Å². The summed E-state index contributed by atoms with van der Waals surface area (Å²) in [6.45, 7) is 3.48. The molecule has 56 valence electrons. The van der Waals surface area contributed by atoms with E-state index < -0.39 is 12.0 Å². The maximum Gasteiger partial charge on any atom is 0.327 e. The first-order chi connectivity index (χ1) is 4.59. The van der Waals surface area contributed by atoms with E-state index in [0.717, 1.165) is 0 Å². The number of hydrogen-bond donors (Lipinski definition) is 2. The van der Waals surface area contributed by atoms with E-state index in [1.165, 1.54) is 0 Å². The summed E-state index contributed by atoms with van der Waals surface area (Å²) in [7, 11) is 0. The van der Waals surface area contributed by atoms with Gasteiger partial charge in [-0.3, -0.25) is 0 Å². The average molecular weight is 142 g/mol. The molecule has 4 nitrogen and oxygen atoms in total. The fourth-order valence-corrected chi connectivity index (χ4v) is 0.583. The molecule has 0 aromatic carbocycles. The first-order valence-electron chi connectivity index (χ1n) is 2.97. The second kappa shape index (κ2) is 3.72. The van der Waals surface area contributed by atoms with Crippen molar-refractivity contribution in [1.82, 2.24) is 5.32 Å². The van der Waals surface area contributed by atoms with Gasteiger partial charge in [0.15, 0.2) is 6.19 Å². The molecule has 0 heterocycles. The van der Waals surface area contributed by atoms with Crippen LogP contribution in [0.3, 0.4) is 0 Å². The van der Waals surface area contributed by atoms with Gasteiger partial charge in [0.2, 0.25) is 0 Å². The van der Waals surface area contributed by atoms with E-state index in [2.05, 4.69) is 5.32 Å². The molecule has 4 heteroatoms. The summed E-state index contributed by atoms with van der Waals surface area (Å²) < 4.78 is 0. The van der Waals surface area contributed by atoms with Crippen molar-refractivity contribution in [3.05, 3.63) is 0 Å². The zero-order valence-corrected chi connectivity index (χ0v) is 5.96. The van der Waals surface area contributed by atoms with Crippen LogP contribution in [-0.2, 0) is 4.79 Å². The molecule has 0 aliphatic rings. The van der Waals surface area contributed by atoms with Crippen LogP contribution in [0, 0.1) is 17.4 Å². The largest absolute Gasteiger partial charge is 0.480 e. The average Bonchev–Trinajstić information content (AvgIpc) is 1.81. The van der Waals surface area contributed by atoms with Crippen LogP contribution in [0.1, 0.15) is 13.8 Å². The molecule has 10 heavy (non-hydrogen) atoms. The Labute approximate surface area is 59.5 Å². The molecule has 0 rings (SSSR count). The standard InChI is InChI=1S/C6H10N2O2/c1-4(2)5(6(9)10)8-3-7/h4-5,8H,1-2H3,(H,9,10)/t5-/m0/s1. The van der Waals surface area contributed by atoms with E-state index in [-0.39, 0.29) is 5.92 Å². The van der Waals surface area contributed by atoms with Gasteiger partial charge in [-0.15, -0.1) is 0 Å². The maximum atomic E-state index is 10.3. The number of nitrogens with one attached hydrogen (secondary N) is 1. The van der Waals surface area contributed by atoms with Crippen LogP contribution in [0.2, 0.25) is 0 Å². The molecule has 0 saturated carbocycles. The van der Waals surface area contributed by atoms with Crippen LogP contribution in [0.15, 0.2) is 0 Å². The third-order valence-corrected chi connectivity index (χ3v) is 1.15. The maximum absolute atomic E-state index is 10.3. The van der Waals surface area contributed by atoms with Crippen molar-refractivity contribution in [2.24, 2.45) is 5.92 Å². The predicted molar refractivity (Wildman–Crippen MR) is 35.0 cm³/mol. The summed E-state index contributed by atoms with van der Waals surface area (Å²) in [5.41, 5.74) is 0. The fraction of sp³-hybridized carbons (Fsp3) is 0.667. The highest BCUT2D eigenvalue weighted by molar-refractivity contribution is 5.74. The highest BCUT2D eigenvalue weighted by atomic mass is 16.4. The van der Waals surface area contributed by atoms with Crippen LogP contribution in [0.4, 0.5) is 0 Å². The molecule has 0 amide bonds. The SMILES string of the molecule is CC(C)[C@H](NC#N)C(=O)O. The summed E-state index contributed by atoms with van der Waals surface area (Å²) in [4.78, 5) is 10.3. The molecule has 0 bridgehead atoms. The minimum atomic E-state index is -0.989. The molecule has 0 aliphatic carbocycles. The number of carboxylic acid groups (broad SMARTS) is 1. The van der Waals surface area contributed by atoms with Crippen LogP contribution in [0.25, 0.3) is 0 Å². The molecule has 2 N–H and O–H groups in total. The third-order valence-electron chi connectivity index (χ3n) is 1.15. The van der Waals surface area contributed by atoms with E-state index in [4.69, 9.17) is 10.4 Å². The normalized spacial score (nSPS) is 12.2. The number of nitriles is 1. The summed E-state index contributed by atoms with van der Waals surface area (Å²) in [5, 5.41) is 18.8. The van der Waals surface area contributed by atoms with E-state index in [1.807, 2.05) is 0 Å². The topological polar surface area (TPSA) is 73.1 Å². The van der Waals surface area contributed by atoms with Crippen LogP contribution < -0.4 is 5.32 Å². The quantitative estimate of drug-likeness (QED) is 0.435. The zero-order valence-electron chi connectivity index (χ0n) is 5.96. The monoisotopic (exact) mass is 142 g/mol. The van der Waals surface area contributed by atoms with Gasteiger partial charge in [0.1, 0.15) is 6.04 Å². The van der Waals surface area contributed by atoms with Gasteiger partial charge < -0.3 is 10.4 Å². The lowest BCUT2D eigenvalue weighted by molar-refractivity contribution is -0.140. The second-order valence-electron chi connectivity index (χ2n) is 2.32. The highest BCUT2D eigenvalue weighted by Crippen LogP contribution is 1.99. The second-order valence-corrected chi connectivity index (χ2v) is 2.32. The van der Waals surface area contributed by atoms with Gasteiger partial charge in [-0.2, -0.15) is 5.26 Å². The lowest BCUT2D eigenvalue weighted by Crippen LogP contribution is -2.37. The molecule has 0 unspecified atom stereocenters. The van der Waals surface area contributed by atoms with Crippen molar-refractivity contribution < 1.29 is 9.90 Å². The van der Waals surface area contributed by atoms with Crippen molar-refractivity contribution >= 4 is 5.97 Å². The smallest absolute Gasteiger partial charge is 0.327 e. The summed E-state index contributed by atoms with van der Waals surface area (Å²) in [6, 6.07) is -0.759. The van der Waals surface area contributed by atoms with Crippen LogP contribution in [-0.4, -0.2) is 17.1 Å². The minimum absolute atomic E-state index is 0.0721. The van der Waals surface area contributed by atoms with Crippen molar-refractivity contribution in [3.63, 3.8) is 0 Å². The zero-order chi connectivity index (χ0) is 8.15. The molecule has 0 aliphatic heterocycles. The predicted octanol–water partition coefficient (Wildman–Crippen LogP) is 0.166. The van der Waals surface area contributed by atoms with Crippen molar-refractivity contribution in [2.75, 3.05) is 0 Å². The lowest BCUT2D eigenvalue weighted by atomic mass is 10.1. The molecule has 0 aromatic heterocycles. The Morgan fingerprint density at radius 2 is 2.20 bits per heavy atom. The van der Waals surface area contributed by atoms with E-state index in [0.29, 0.717) is 0 Å². The first kappa shape index (κ1) is 8.76. The Hall–Kier alpha value is -1.24. The van der Waals surface area contributed by atoms with Gasteiger partial charge in [0.25, 0.3) is 0 Å². The number of hydrogen-bond acceptors (Lipinski definition) is 3. The van der Waals surface area contributed by atoms with Crippen molar-refractivity contribution in [1.29, 1.82) is 5.26 Å². The first-order valence-corrected chi connectivity index (χ1v) is 2.97. The third kappa shape index (κ3) is 2.35. The Balaban J connectivity index is 4.01. The van der Waals surface area contributed by atoms with Gasteiger partial charge in [0, 0.05) is 0 Å². The van der Waals surface area contributed by atoms with Gasteiger partial charge >= 0.3 is 5.97 Å². The highest BCUT2D eigenvalue weighted by Gasteiger charge is 2.19. The Morgan fingerprint density at radius 3 is 2.30 bits per heavy atom. The molecule has 0 radical (unpaired) electrons. The number of carbonyl (C=O) groups is 1. The van der Waals surface area contributed by atoms with Crippen LogP contribution >= 0.6 is 0 Å². The van der Waals surface area contributed by atoms with E-state index in [9.17, 15) is 4.79 Å². The molecule has 0 aromatic rings. The molecular weight excluding hydrogens is 132 g/mol. The van der Waals surface area contributed by atoms with Gasteiger partial charge in [0.05, 0.1) is 0 Å². The van der Waals surface area contributed by atoms with Gasteiger partial charge in [-0.1, -0.05) is 13.8 Å². The number of aliphatic carboxylic acids is 1. The summed E-state index contributed by atoms with van der Waals surface area (Å²) in [5.74, 6) is -1.06. The molecule has 0 spiro atoms. The Bertz CT molecular complexity index is 160. The minimum Gasteiger partial charge on any atom is -0.480 e.